The van der Waals surface area contributed by atoms with Crippen LogP contribution in [0.2, 0.25) is 0 Å². The van der Waals surface area contributed by atoms with E-state index < -0.39 is 0 Å². The standard InChI is InChI=1S/C18H34O.C12H18NO.HI/c1-2-3-4-5-6-7-8-9-10-11-12-13-14-15-16-17-18-19;1-13(8-9-14)7-6-11-4-2-3-5-12(11)10-13;/h9-10,18H,2-8,11-17H2,1H3;2-5,14H,6-10H2,1H3;1H/q;+1;/p-1/b10-9-;;. The van der Waals surface area contributed by atoms with Crippen molar-refractivity contribution in [2.24, 2.45) is 0 Å². The third kappa shape index (κ3) is 16.8. The summed E-state index contributed by atoms with van der Waals surface area (Å²) in [5, 5.41) is 9.02. The lowest BCUT2D eigenvalue weighted by atomic mass is 9.98. The third-order valence-corrected chi connectivity index (χ3v) is 6.82. The first-order valence-electron chi connectivity index (χ1n) is 13.7. The van der Waals surface area contributed by atoms with Crippen LogP contribution >= 0.6 is 0 Å². The molecule has 1 aliphatic heterocycles. The molecule has 1 atom stereocenters. The van der Waals surface area contributed by atoms with Crippen LogP contribution in [0.1, 0.15) is 108 Å². The summed E-state index contributed by atoms with van der Waals surface area (Å²) in [7, 11) is 2.23. The second-order valence-electron chi connectivity index (χ2n) is 10.0. The zero-order valence-corrected chi connectivity index (χ0v) is 24.3. The van der Waals surface area contributed by atoms with Crippen molar-refractivity contribution in [1.29, 1.82) is 0 Å². The van der Waals surface area contributed by atoms with E-state index in [4.69, 9.17) is 5.11 Å². The molecule has 0 aliphatic carbocycles. The van der Waals surface area contributed by atoms with Crippen molar-refractivity contribution in [3.63, 3.8) is 0 Å². The van der Waals surface area contributed by atoms with Gasteiger partial charge in [-0.05, 0) is 37.7 Å². The average molecular weight is 586 g/mol. The number of halogens is 1. The molecule has 2 rings (SSSR count). The molecule has 3 nitrogen and oxygen atoms in total. The summed E-state index contributed by atoms with van der Waals surface area (Å²) in [6.07, 6.45) is 24.7. The molecule has 0 spiro atoms. The Kier molecular flexibility index (Phi) is 22.2. The van der Waals surface area contributed by atoms with Crippen molar-refractivity contribution in [2.45, 2.75) is 110 Å². The molecule has 0 saturated carbocycles. The number of aldehydes is 1. The van der Waals surface area contributed by atoms with Crippen LogP contribution in [0.4, 0.5) is 0 Å². The van der Waals surface area contributed by atoms with E-state index in [1.807, 2.05) is 0 Å². The predicted octanol–water partition coefficient (Wildman–Crippen LogP) is 4.41. The number of quaternary nitrogens is 1. The molecule has 0 saturated heterocycles. The number of carbonyl (C=O) groups excluding carboxylic acids is 1. The number of unbranched alkanes of at least 4 members (excludes halogenated alkanes) is 12. The molecule has 196 valence electrons. The quantitative estimate of drug-likeness (QED) is 0.0968. The lowest BCUT2D eigenvalue weighted by Gasteiger charge is -2.38. The summed E-state index contributed by atoms with van der Waals surface area (Å²) in [6.45, 7) is 5.65. The van der Waals surface area contributed by atoms with Gasteiger partial charge in [-0.25, -0.2) is 0 Å². The number of likely N-dealkylation sites (N-methyl/N-ethyl adjacent to an activating group) is 1. The summed E-state index contributed by atoms with van der Waals surface area (Å²) < 4.78 is 0.980. The van der Waals surface area contributed by atoms with E-state index in [1.54, 1.807) is 0 Å². The maximum atomic E-state index is 10.1. The van der Waals surface area contributed by atoms with Gasteiger partial charge in [-0.2, -0.15) is 0 Å². The maximum Gasteiger partial charge on any atom is 0.119 e. The van der Waals surface area contributed by atoms with Crippen LogP contribution in [0.5, 0.6) is 0 Å². The molecule has 1 heterocycles. The van der Waals surface area contributed by atoms with Gasteiger partial charge < -0.3 is 38.4 Å². The van der Waals surface area contributed by atoms with Crippen LogP contribution in [0, 0.1) is 0 Å². The Balaban J connectivity index is 0.000000643. The fourth-order valence-corrected chi connectivity index (χ4v) is 4.57. The fraction of sp³-hybridized carbons (Fsp3) is 0.700. The zero-order valence-electron chi connectivity index (χ0n) is 22.2. The number of hydrogen-bond donors (Lipinski definition) is 1. The predicted molar refractivity (Wildman–Crippen MR) is 142 cm³/mol. The first kappa shape index (κ1) is 33.3. The Labute approximate surface area is 228 Å². The zero-order chi connectivity index (χ0) is 24.0. The molecule has 34 heavy (non-hydrogen) atoms. The number of aliphatic hydroxyl groups excluding tert-OH is 1. The summed E-state index contributed by atoms with van der Waals surface area (Å²) in [6, 6.07) is 8.65. The highest BCUT2D eigenvalue weighted by molar-refractivity contribution is 5.48. The van der Waals surface area contributed by atoms with Crippen molar-refractivity contribution >= 4 is 6.29 Å². The number of fused-ring (bicyclic) bond motifs is 1. The van der Waals surface area contributed by atoms with Gasteiger partial charge in [0.2, 0.25) is 0 Å². The summed E-state index contributed by atoms with van der Waals surface area (Å²) >= 11 is 0. The molecule has 1 aromatic rings. The van der Waals surface area contributed by atoms with Gasteiger partial charge in [0.1, 0.15) is 19.4 Å². The molecule has 0 aromatic heterocycles. The van der Waals surface area contributed by atoms with Gasteiger partial charge in [0.15, 0.2) is 0 Å². The van der Waals surface area contributed by atoms with Gasteiger partial charge in [-0.15, -0.1) is 0 Å². The lowest BCUT2D eigenvalue weighted by Crippen LogP contribution is -3.00. The molecule has 4 heteroatoms. The van der Waals surface area contributed by atoms with E-state index in [2.05, 4.69) is 50.4 Å². The Bertz CT molecular complexity index is 634. The Hall–Kier alpha value is -0.720. The van der Waals surface area contributed by atoms with Crippen LogP contribution in [0.25, 0.3) is 0 Å². The Morgan fingerprint density at radius 3 is 1.91 bits per heavy atom. The number of carbonyl (C=O) groups is 1. The van der Waals surface area contributed by atoms with Gasteiger partial charge in [0.05, 0.1) is 20.2 Å². The molecule has 1 unspecified atom stereocenters. The molecule has 0 bridgehead atoms. The van der Waals surface area contributed by atoms with E-state index >= 15 is 0 Å². The first-order valence-corrected chi connectivity index (χ1v) is 13.7. The molecular formula is C30H52INO2. The van der Waals surface area contributed by atoms with E-state index in [1.165, 1.54) is 88.2 Å². The lowest BCUT2D eigenvalue weighted by molar-refractivity contribution is -0.924. The number of nitrogens with zero attached hydrogens (tertiary/aromatic N) is 1. The SMILES string of the molecule is CCCCCCCC/C=C\CCCCCCCC=O.C[N+]1(CCO)CCc2ccccc2C1.[I-]. The van der Waals surface area contributed by atoms with Gasteiger partial charge in [0.25, 0.3) is 0 Å². The highest BCUT2D eigenvalue weighted by Crippen LogP contribution is 2.22. The maximum absolute atomic E-state index is 10.1. The molecule has 0 fully saturated rings. The molecule has 1 aromatic carbocycles. The smallest absolute Gasteiger partial charge is 0.119 e. The van der Waals surface area contributed by atoms with E-state index in [-0.39, 0.29) is 24.0 Å². The largest absolute Gasteiger partial charge is 1.00 e. The summed E-state index contributed by atoms with van der Waals surface area (Å²) in [4.78, 5) is 10.1. The van der Waals surface area contributed by atoms with Gasteiger partial charge >= 0.3 is 0 Å². The van der Waals surface area contributed by atoms with Gasteiger partial charge in [-0.3, -0.25) is 0 Å². The number of hydrogen-bond acceptors (Lipinski definition) is 2. The summed E-state index contributed by atoms with van der Waals surface area (Å²) in [5.41, 5.74) is 2.94. The van der Waals surface area contributed by atoms with Crippen molar-refractivity contribution in [3.05, 3.63) is 47.5 Å². The van der Waals surface area contributed by atoms with E-state index in [0.29, 0.717) is 6.61 Å². The van der Waals surface area contributed by atoms with E-state index in [0.717, 1.165) is 49.7 Å². The topological polar surface area (TPSA) is 37.3 Å². The second-order valence-corrected chi connectivity index (χ2v) is 10.0. The summed E-state index contributed by atoms with van der Waals surface area (Å²) in [5.74, 6) is 0. The van der Waals surface area contributed by atoms with Crippen LogP contribution < -0.4 is 24.0 Å². The molecule has 0 radical (unpaired) electrons. The van der Waals surface area contributed by atoms with Crippen molar-refractivity contribution in [1.82, 2.24) is 0 Å². The molecular weight excluding hydrogens is 533 g/mol. The van der Waals surface area contributed by atoms with Gasteiger partial charge in [-0.1, -0.05) is 94.7 Å². The molecule has 1 aliphatic rings. The number of rotatable bonds is 17. The Morgan fingerprint density at radius 1 is 0.824 bits per heavy atom. The highest BCUT2D eigenvalue weighted by Gasteiger charge is 2.27. The molecule has 1 N–H and O–H groups in total. The van der Waals surface area contributed by atoms with Crippen LogP contribution in [0.3, 0.4) is 0 Å². The van der Waals surface area contributed by atoms with E-state index in [9.17, 15) is 4.79 Å². The van der Waals surface area contributed by atoms with Gasteiger partial charge in [0, 0.05) is 18.4 Å². The number of benzene rings is 1. The molecule has 0 amide bonds. The number of aliphatic hydroxyl groups is 1. The third-order valence-electron chi connectivity index (χ3n) is 6.82. The van der Waals surface area contributed by atoms with Crippen molar-refractivity contribution in [2.75, 3.05) is 26.7 Å². The minimum atomic E-state index is 0. The normalized spacial score (nSPS) is 16.9. The monoisotopic (exact) mass is 585 g/mol. The van der Waals surface area contributed by atoms with Crippen LogP contribution in [-0.4, -0.2) is 42.6 Å². The minimum absolute atomic E-state index is 0. The van der Waals surface area contributed by atoms with Crippen LogP contribution in [-0.2, 0) is 17.8 Å². The Morgan fingerprint density at radius 2 is 1.35 bits per heavy atom. The van der Waals surface area contributed by atoms with Crippen molar-refractivity contribution < 1.29 is 38.4 Å². The number of allylic oxidation sites excluding steroid dienone is 2. The minimum Gasteiger partial charge on any atom is -1.00 e. The fourth-order valence-electron chi connectivity index (χ4n) is 4.57. The highest BCUT2D eigenvalue weighted by atomic mass is 127. The second kappa shape index (κ2) is 22.7. The first-order chi connectivity index (χ1) is 16.1. The average Bonchev–Trinajstić information content (AvgIpc) is 2.82. The van der Waals surface area contributed by atoms with Crippen LogP contribution in [0.15, 0.2) is 36.4 Å². The van der Waals surface area contributed by atoms with Crippen molar-refractivity contribution in [3.8, 4) is 0 Å².